The monoisotopic (exact) mass is 310 g/mol. The summed E-state index contributed by atoms with van der Waals surface area (Å²) in [6, 6.07) is 1.62. The van der Waals surface area contributed by atoms with Crippen LogP contribution in [0.5, 0.6) is 17.2 Å². The van der Waals surface area contributed by atoms with Gasteiger partial charge in [-0.25, -0.2) is 0 Å². The molecule has 1 fully saturated rings. The number of nitrogens with one attached hydrogen (secondary N) is 1. The number of nitro groups is 1. The first-order valence-electron chi connectivity index (χ1n) is 6.74. The standard InChI is InChI=1S/C14H18N2O6/c1-20-10-6-8(7-11(21-2)14(10)22-3)13-9(16(18)19)4-5-12(17)15-13/h6-7,9,13H,4-5H2,1-3H3,(H,15,17)/t9-,13+/m0/s1. The minimum Gasteiger partial charge on any atom is -0.493 e. The number of carbonyl (C=O) groups excluding carboxylic acids is 1. The van der Waals surface area contributed by atoms with Gasteiger partial charge in [0.1, 0.15) is 6.04 Å². The van der Waals surface area contributed by atoms with E-state index < -0.39 is 12.1 Å². The largest absolute Gasteiger partial charge is 0.493 e. The number of benzene rings is 1. The molecular weight excluding hydrogens is 292 g/mol. The topological polar surface area (TPSA) is 99.9 Å². The molecule has 8 heteroatoms. The highest BCUT2D eigenvalue weighted by Crippen LogP contribution is 2.41. The fourth-order valence-electron chi connectivity index (χ4n) is 2.60. The SMILES string of the molecule is COc1cc([C@H]2NC(=O)CC[C@@H]2[N+](=O)[O-])cc(OC)c1OC. The van der Waals surface area contributed by atoms with Crippen molar-refractivity contribution in [1.82, 2.24) is 5.32 Å². The van der Waals surface area contributed by atoms with E-state index in [2.05, 4.69) is 5.32 Å². The number of methoxy groups -OCH3 is 3. The Bertz CT molecular complexity index is 564. The van der Waals surface area contributed by atoms with Crippen LogP contribution < -0.4 is 19.5 Å². The van der Waals surface area contributed by atoms with Crippen LogP contribution in [0, 0.1) is 10.1 Å². The lowest BCUT2D eigenvalue weighted by molar-refractivity contribution is -0.529. The van der Waals surface area contributed by atoms with Crippen molar-refractivity contribution in [3.63, 3.8) is 0 Å². The van der Waals surface area contributed by atoms with Crippen molar-refractivity contribution in [3.05, 3.63) is 27.8 Å². The second-order valence-electron chi connectivity index (χ2n) is 4.90. The Morgan fingerprint density at radius 3 is 2.23 bits per heavy atom. The van der Waals surface area contributed by atoms with Gasteiger partial charge in [-0.05, 0) is 17.7 Å². The van der Waals surface area contributed by atoms with Crippen LogP contribution in [0.4, 0.5) is 0 Å². The molecule has 1 heterocycles. The van der Waals surface area contributed by atoms with Crippen LogP contribution in [0.25, 0.3) is 0 Å². The van der Waals surface area contributed by atoms with Crippen molar-refractivity contribution in [2.24, 2.45) is 0 Å². The number of carbonyl (C=O) groups is 1. The summed E-state index contributed by atoms with van der Waals surface area (Å²) in [5.41, 5.74) is 0.546. The van der Waals surface area contributed by atoms with Gasteiger partial charge in [-0.1, -0.05) is 0 Å². The minimum atomic E-state index is -0.888. The second-order valence-corrected chi connectivity index (χ2v) is 4.90. The van der Waals surface area contributed by atoms with E-state index in [4.69, 9.17) is 14.2 Å². The van der Waals surface area contributed by atoms with Crippen LogP contribution in [0.2, 0.25) is 0 Å². The summed E-state index contributed by atoms with van der Waals surface area (Å²) in [5.74, 6) is 0.961. The highest BCUT2D eigenvalue weighted by molar-refractivity contribution is 5.77. The van der Waals surface area contributed by atoms with Crippen LogP contribution in [-0.2, 0) is 4.79 Å². The van der Waals surface area contributed by atoms with Gasteiger partial charge in [-0.3, -0.25) is 14.9 Å². The molecule has 0 aliphatic carbocycles. The summed E-state index contributed by atoms with van der Waals surface area (Å²) in [5, 5.41) is 13.9. The highest BCUT2D eigenvalue weighted by Gasteiger charge is 2.39. The number of hydrogen-bond acceptors (Lipinski definition) is 6. The van der Waals surface area contributed by atoms with Crippen molar-refractivity contribution in [2.75, 3.05) is 21.3 Å². The third-order valence-corrected chi connectivity index (χ3v) is 3.69. The number of ether oxygens (including phenoxy) is 3. The Morgan fingerprint density at radius 2 is 1.77 bits per heavy atom. The Morgan fingerprint density at radius 1 is 1.18 bits per heavy atom. The van der Waals surface area contributed by atoms with Gasteiger partial charge in [0.05, 0.1) is 21.3 Å². The fourth-order valence-corrected chi connectivity index (χ4v) is 2.60. The average Bonchev–Trinajstić information content (AvgIpc) is 2.52. The zero-order chi connectivity index (χ0) is 16.3. The van der Waals surface area contributed by atoms with Gasteiger partial charge in [0.25, 0.3) is 0 Å². The number of nitrogens with zero attached hydrogens (tertiary/aromatic N) is 1. The number of piperidine rings is 1. The molecule has 0 spiro atoms. The molecule has 1 aliphatic heterocycles. The lowest BCUT2D eigenvalue weighted by Crippen LogP contribution is -2.45. The van der Waals surface area contributed by atoms with Gasteiger partial charge in [0, 0.05) is 17.8 Å². The zero-order valence-corrected chi connectivity index (χ0v) is 12.6. The molecule has 8 nitrogen and oxygen atoms in total. The maximum absolute atomic E-state index is 11.6. The van der Waals surface area contributed by atoms with Crippen molar-refractivity contribution in [1.29, 1.82) is 0 Å². The molecule has 1 saturated heterocycles. The van der Waals surface area contributed by atoms with Gasteiger partial charge in [-0.15, -0.1) is 0 Å². The molecule has 0 aromatic heterocycles. The number of hydrogen-bond donors (Lipinski definition) is 1. The molecule has 0 bridgehead atoms. The normalized spacial score (nSPS) is 21.0. The van der Waals surface area contributed by atoms with E-state index in [9.17, 15) is 14.9 Å². The average molecular weight is 310 g/mol. The van der Waals surface area contributed by atoms with Gasteiger partial charge >= 0.3 is 0 Å². The molecule has 2 rings (SSSR count). The first kappa shape index (κ1) is 15.9. The molecule has 1 amide bonds. The summed E-state index contributed by atoms with van der Waals surface area (Å²) < 4.78 is 15.7. The van der Waals surface area contributed by atoms with Crippen LogP contribution >= 0.6 is 0 Å². The van der Waals surface area contributed by atoms with Crippen molar-refractivity contribution in [2.45, 2.75) is 24.9 Å². The highest BCUT2D eigenvalue weighted by atomic mass is 16.6. The molecule has 1 N–H and O–H groups in total. The predicted molar refractivity (Wildman–Crippen MR) is 77.0 cm³/mol. The molecule has 2 atom stereocenters. The van der Waals surface area contributed by atoms with E-state index in [1.165, 1.54) is 21.3 Å². The molecule has 120 valence electrons. The zero-order valence-electron chi connectivity index (χ0n) is 12.6. The smallest absolute Gasteiger partial charge is 0.237 e. The van der Waals surface area contributed by atoms with E-state index in [0.717, 1.165) is 0 Å². The molecule has 22 heavy (non-hydrogen) atoms. The van der Waals surface area contributed by atoms with Gasteiger partial charge in [-0.2, -0.15) is 0 Å². The first-order valence-corrected chi connectivity index (χ1v) is 6.74. The Kier molecular flexibility index (Phi) is 4.69. The fraction of sp³-hybridized carbons (Fsp3) is 0.500. The third-order valence-electron chi connectivity index (χ3n) is 3.69. The molecular formula is C14H18N2O6. The quantitative estimate of drug-likeness (QED) is 0.650. The second kappa shape index (κ2) is 6.50. The van der Waals surface area contributed by atoms with Gasteiger partial charge in [0.2, 0.25) is 17.7 Å². The molecule has 1 aliphatic rings. The minimum absolute atomic E-state index is 0.145. The Labute approximate surface area is 127 Å². The Hall–Kier alpha value is -2.51. The molecule has 0 radical (unpaired) electrons. The van der Waals surface area contributed by atoms with Crippen molar-refractivity contribution >= 4 is 5.91 Å². The summed E-state index contributed by atoms with van der Waals surface area (Å²) in [4.78, 5) is 22.5. The molecule has 1 aromatic carbocycles. The van der Waals surface area contributed by atoms with E-state index in [1.54, 1.807) is 12.1 Å². The maximum Gasteiger partial charge on any atom is 0.237 e. The van der Waals surface area contributed by atoms with E-state index in [0.29, 0.717) is 22.8 Å². The van der Waals surface area contributed by atoms with Crippen molar-refractivity contribution in [3.8, 4) is 17.2 Å². The molecule has 0 unspecified atom stereocenters. The van der Waals surface area contributed by atoms with E-state index >= 15 is 0 Å². The summed E-state index contributed by atoms with van der Waals surface area (Å²) in [6.45, 7) is 0. The summed E-state index contributed by atoms with van der Waals surface area (Å²) >= 11 is 0. The van der Waals surface area contributed by atoms with Gasteiger partial charge in [0.15, 0.2) is 11.5 Å². The van der Waals surface area contributed by atoms with Gasteiger partial charge < -0.3 is 19.5 Å². The van der Waals surface area contributed by atoms with Crippen LogP contribution in [-0.4, -0.2) is 38.2 Å². The lowest BCUT2D eigenvalue weighted by atomic mass is 9.92. The number of rotatable bonds is 5. The maximum atomic E-state index is 11.6. The van der Waals surface area contributed by atoms with Crippen LogP contribution in [0.3, 0.4) is 0 Å². The van der Waals surface area contributed by atoms with Crippen LogP contribution in [0.1, 0.15) is 24.4 Å². The van der Waals surface area contributed by atoms with Crippen molar-refractivity contribution < 1.29 is 23.9 Å². The summed E-state index contributed by atoms with van der Waals surface area (Å²) in [6.07, 6.45) is 0.340. The van der Waals surface area contributed by atoms with E-state index in [-0.39, 0.29) is 23.7 Å². The first-order chi connectivity index (χ1) is 10.5. The predicted octanol–water partition coefficient (Wildman–Crippen LogP) is 1.31. The molecule has 0 saturated carbocycles. The Balaban J connectivity index is 2.49. The van der Waals surface area contributed by atoms with Crippen LogP contribution in [0.15, 0.2) is 12.1 Å². The third kappa shape index (κ3) is 2.90. The molecule has 1 aromatic rings. The van der Waals surface area contributed by atoms with E-state index in [1.807, 2.05) is 0 Å². The lowest BCUT2D eigenvalue weighted by Gasteiger charge is -2.27. The summed E-state index contributed by atoms with van der Waals surface area (Å²) in [7, 11) is 4.40. The number of amides is 1.